The van der Waals surface area contributed by atoms with Gasteiger partial charge in [-0.2, -0.15) is 0 Å². The van der Waals surface area contributed by atoms with Gasteiger partial charge < -0.3 is 9.64 Å². The summed E-state index contributed by atoms with van der Waals surface area (Å²) >= 11 is 0. The molecule has 0 unspecified atom stereocenters. The molecule has 3 rings (SSSR count). The van der Waals surface area contributed by atoms with Crippen molar-refractivity contribution < 1.29 is 9.53 Å². The molecule has 2 aliphatic heterocycles. The molecular formula is C14H17NO2. The number of hydrogen-bond acceptors (Lipinski definition) is 2. The van der Waals surface area contributed by atoms with E-state index in [4.69, 9.17) is 4.74 Å². The van der Waals surface area contributed by atoms with Crippen molar-refractivity contribution in [3.05, 3.63) is 29.3 Å². The van der Waals surface area contributed by atoms with Gasteiger partial charge in [0.05, 0.1) is 24.7 Å². The summed E-state index contributed by atoms with van der Waals surface area (Å²) in [7, 11) is 0. The Morgan fingerprint density at radius 1 is 1.35 bits per heavy atom. The molecule has 3 nitrogen and oxygen atoms in total. The van der Waals surface area contributed by atoms with E-state index in [1.54, 1.807) is 0 Å². The second-order valence-electron chi connectivity index (χ2n) is 5.51. The van der Waals surface area contributed by atoms with Gasteiger partial charge in [0, 0.05) is 5.69 Å². The van der Waals surface area contributed by atoms with Crippen LogP contribution < -0.4 is 4.90 Å². The zero-order valence-corrected chi connectivity index (χ0v) is 10.5. The number of aryl methyl sites for hydroxylation is 1. The van der Waals surface area contributed by atoms with Crippen LogP contribution in [0.2, 0.25) is 0 Å². The van der Waals surface area contributed by atoms with Gasteiger partial charge in [0.15, 0.2) is 0 Å². The first-order valence-corrected chi connectivity index (χ1v) is 6.04. The topological polar surface area (TPSA) is 29.5 Å². The molecule has 0 saturated carbocycles. The third-order valence-electron chi connectivity index (χ3n) is 3.83. The number of rotatable bonds is 1. The monoisotopic (exact) mass is 231 g/mol. The van der Waals surface area contributed by atoms with E-state index in [1.165, 1.54) is 5.56 Å². The van der Waals surface area contributed by atoms with Gasteiger partial charge in [0.2, 0.25) is 5.91 Å². The Kier molecular flexibility index (Phi) is 2.11. The van der Waals surface area contributed by atoms with Crippen LogP contribution in [0, 0.1) is 6.92 Å². The Labute approximate surface area is 101 Å². The lowest BCUT2D eigenvalue weighted by Crippen LogP contribution is -2.52. The highest BCUT2D eigenvalue weighted by atomic mass is 16.5. The van der Waals surface area contributed by atoms with Crippen molar-refractivity contribution in [3.63, 3.8) is 0 Å². The lowest BCUT2D eigenvalue weighted by atomic mass is 9.86. The average Bonchev–Trinajstić information content (AvgIpc) is 2.37. The summed E-state index contributed by atoms with van der Waals surface area (Å²) in [5.41, 5.74) is 3.01. The maximum absolute atomic E-state index is 12.5. The highest BCUT2D eigenvalue weighted by Crippen LogP contribution is 2.43. The van der Waals surface area contributed by atoms with E-state index in [9.17, 15) is 4.79 Å². The van der Waals surface area contributed by atoms with Crippen molar-refractivity contribution >= 4 is 11.6 Å². The Morgan fingerprint density at radius 3 is 2.65 bits per heavy atom. The number of benzene rings is 1. The first-order valence-electron chi connectivity index (χ1n) is 6.04. The smallest absolute Gasteiger partial charge is 0.237 e. The molecular weight excluding hydrogens is 214 g/mol. The van der Waals surface area contributed by atoms with E-state index < -0.39 is 5.41 Å². The molecule has 2 heterocycles. The summed E-state index contributed by atoms with van der Waals surface area (Å²) in [6.07, 6.45) is 0. The van der Waals surface area contributed by atoms with E-state index in [1.807, 2.05) is 18.7 Å². The molecule has 1 amide bonds. The maximum atomic E-state index is 12.5. The lowest BCUT2D eigenvalue weighted by Gasteiger charge is -2.35. The number of nitrogens with zero attached hydrogens (tertiary/aromatic N) is 1. The van der Waals surface area contributed by atoms with Crippen LogP contribution in [0.25, 0.3) is 0 Å². The van der Waals surface area contributed by atoms with E-state index in [0.717, 1.165) is 11.3 Å². The van der Waals surface area contributed by atoms with Crippen molar-refractivity contribution in [1.29, 1.82) is 0 Å². The van der Waals surface area contributed by atoms with Gasteiger partial charge in [0.1, 0.15) is 0 Å². The fourth-order valence-corrected chi connectivity index (χ4v) is 2.63. The molecule has 0 N–H and O–H groups in total. The minimum atomic E-state index is -0.404. The second kappa shape index (κ2) is 3.33. The van der Waals surface area contributed by atoms with Gasteiger partial charge in [-0.15, -0.1) is 0 Å². The third-order valence-corrected chi connectivity index (χ3v) is 3.83. The van der Waals surface area contributed by atoms with Crippen LogP contribution in [-0.2, 0) is 14.9 Å². The summed E-state index contributed by atoms with van der Waals surface area (Å²) < 4.78 is 5.22. The van der Waals surface area contributed by atoms with Crippen LogP contribution in [0.4, 0.5) is 5.69 Å². The zero-order chi connectivity index (χ0) is 12.2. The van der Waals surface area contributed by atoms with Gasteiger partial charge in [-0.3, -0.25) is 4.79 Å². The first kappa shape index (κ1) is 10.8. The number of carbonyl (C=O) groups is 1. The predicted molar refractivity (Wildman–Crippen MR) is 66.3 cm³/mol. The maximum Gasteiger partial charge on any atom is 0.237 e. The third kappa shape index (κ3) is 1.35. The molecule has 1 fully saturated rings. The molecule has 1 aromatic rings. The molecule has 0 radical (unpaired) electrons. The summed E-state index contributed by atoms with van der Waals surface area (Å²) in [4.78, 5) is 14.4. The van der Waals surface area contributed by atoms with Crippen LogP contribution in [0.15, 0.2) is 18.2 Å². The number of fused-ring (bicyclic) bond motifs is 1. The highest BCUT2D eigenvalue weighted by Gasteiger charge is 2.47. The number of ether oxygens (including phenoxy) is 1. The van der Waals surface area contributed by atoms with Crippen molar-refractivity contribution in [2.75, 3.05) is 18.1 Å². The van der Waals surface area contributed by atoms with Crippen molar-refractivity contribution in [2.24, 2.45) is 0 Å². The number of carbonyl (C=O) groups excluding carboxylic acids is 1. The molecule has 0 bridgehead atoms. The van der Waals surface area contributed by atoms with Gasteiger partial charge >= 0.3 is 0 Å². The largest absolute Gasteiger partial charge is 0.377 e. The number of hydrogen-bond donors (Lipinski definition) is 0. The zero-order valence-electron chi connectivity index (χ0n) is 10.5. The van der Waals surface area contributed by atoms with E-state index in [0.29, 0.717) is 13.2 Å². The van der Waals surface area contributed by atoms with Gasteiger partial charge in [-0.1, -0.05) is 12.1 Å². The van der Waals surface area contributed by atoms with E-state index in [-0.39, 0.29) is 11.9 Å². The molecule has 0 aliphatic carbocycles. The minimum absolute atomic E-state index is 0.200. The van der Waals surface area contributed by atoms with Crippen molar-refractivity contribution in [1.82, 2.24) is 0 Å². The summed E-state index contributed by atoms with van der Waals surface area (Å²) in [5.74, 6) is 0.200. The normalized spacial score (nSPS) is 22.5. The Morgan fingerprint density at radius 2 is 2.06 bits per heavy atom. The molecule has 3 heteroatoms. The Bertz CT molecular complexity index is 489. The van der Waals surface area contributed by atoms with Crippen LogP contribution in [0.1, 0.15) is 25.0 Å². The summed E-state index contributed by atoms with van der Waals surface area (Å²) in [6, 6.07) is 6.50. The second-order valence-corrected chi connectivity index (χ2v) is 5.51. The molecule has 1 aromatic carbocycles. The molecule has 1 saturated heterocycles. The Hall–Kier alpha value is -1.35. The highest BCUT2D eigenvalue weighted by molar-refractivity contribution is 6.08. The average molecular weight is 231 g/mol. The fourth-order valence-electron chi connectivity index (χ4n) is 2.63. The van der Waals surface area contributed by atoms with Crippen molar-refractivity contribution in [3.8, 4) is 0 Å². The van der Waals surface area contributed by atoms with Crippen LogP contribution in [0.5, 0.6) is 0 Å². The SMILES string of the molecule is Cc1ccc2c(c1)N(C1COC1)C(=O)C2(C)C. The molecule has 0 aromatic heterocycles. The molecule has 0 spiro atoms. The fraction of sp³-hybridized carbons (Fsp3) is 0.500. The first-order chi connectivity index (χ1) is 8.01. The quantitative estimate of drug-likeness (QED) is 0.740. The standard InChI is InChI=1S/C14H17NO2/c1-9-4-5-11-12(6-9)15(10-7-17-8-10)13(16)14(11,2)3/h4-6,10H,7-8H2,1-3H3. The predicted octanol–water partition coefficient (Wildman–Crippen LogP) is 2.02. The van der Waals surface area contributed by atoms with Crippen LogP contribution >= 0.6 is 0 Å². The van der Waals surface area contributed by atoms with E-state index >= 15 is 0 Å². The molecule has 90 valence electrons. The van der Waals surface area contributed by atoms with E-state index in [2.05, 4.69) is 25.1 Å². The van der Waals surface area contributed by atoms with Gasteiger partial charge in [-0.05, 0) is 38.0 Å². The molecule has 17 heavy (non-hydrogen) atoms. The van der Waals surface area contributed by atoms with Gasteiger partial charge in [0.25, 0.3) is 0 Å². The molecule has 2 aliphatic rings. The van der Waals surface area contributed by atoms with Crippen LogP contribution in [0.3, 0.4) is 0 Å². The Balaban J connectivity index is 2.14. The summed E-state index contributed by atoms with van der Waals surface area (Å²) in [5, 5.41) is 0. The number of anilines is 1. The summed E-state index contributed by atoms with van der Waals surface area (Å²) in [6.45, 7) is 7.39. The number of amides is 1. The van der Waals surface area contributed by atoms with Crippen LogP contribution in [-0.4, -0.2) is 25.2 Å². The molecule has 0 atom stereocenters. The minimum Gasteiger partial charge on any atom is -0.377 e. The van der Waals surface area contributed by atoms with Crippen molar-refractivity contribution in [2.45, 2.75) is 32.2 Å². The van der Waals surface area contributed by atoms with Gasteiger partial charge in [-0.25, -0.2) is 0 Å². The lowest BCUT2D eigenvalue weighted by molar-refractivity contribution is -0.124.